The quantitative estimate of drug-likeness (QED) is 0.644. The molecule has 3 aromatic rings. The first-order valence-electron chi connectivity index (χ1n) is 10.9. The second kappa shape index (κ2) is 8.84. The maximum atomic E-state index is 6.36. The van der Waals surface area contributed by atoms with Crippen LogP contribution in [0.5, 0.6) is 0 Å². The molecule has 0 saturated carbocycles. The van der Waals surface area contributed by atoms with Crippen molar-refractivity contribution < 1.29 is 4.98 Å². The van der Waals surface area contributed by atoms with E-state index in [2.05, 4.69) is 51.2 Å². The van der Waals surface area contributed by atoms with Crippen LogP contribution in [0.1, 0.15) is 40.4 Å². The number of fused-ring (bicyclic) bond motifs is 2. The summed E-state index contributed by atoms with van der Waals surface area (Å²) in [7, 11) is 0. The van der Waals surface area contributed by atoms with Crippen LogP contribution in [-0.4, -0.2) is 41.0 Å². The van der Waals surface area contributed by atoms with Gasteiger partial charge in [0.05, 0.1) is 11.7 Å². The van der Waals surface area contributed by atoms with E-state index in [1.54, 1.807) is 0 Å². The zero-order valence-corrected chi connectivity index (χ0v) is 18.0. The Morgan fingerprint density at radius 3 is 2.73 bits per heavy atom. The lowest BCUT2D eigenvalue weighted by molar-refractivity contribution is -0.378. The number of halogens is 1. The lowest BCUT2D eigenvalue weighted by Crippen LogP contribution is -2.35. The van der Waals surface area contributed by atoms with Gasteiger partial charge in [-0.15, -0.1) is 0 Å². The molecule has 1 aliphatic carbocycles. The van der Waals surface area contributed by atoms with Gasteiger partial charge in [-0.25, -0.2) is 4.98 Å². The Kier molecular flexibility index (Phi) is 5.80. The lowest BCUT2D eigenvalue weighted by atomic mass is 9.96. The van der Waals surface area contributed by atoms with Crippen LogP contribution in [0.25, 0.3) is 0 Å². The van der Waals surface area contributed by atoms with Gasteiger partial charge < -0.3 is 0 Å². The summed E-state index contributed by atoms with van der Waals surface area (Å²) < 4.78 is 0. The van der Waals surface area contributed by atoms with Crippen molar-refractivity contribution >= 4 is 11.6 Å². The molecule has 0 spiro atoms. The second-order valence-electron chi connectivity index (χ2n) is 8.37. The van der Waals surface area contributed by atoms with E-state index in [0.29, 0.717) is 0 Å². The fraction of sp³-hybridized carbons (Fsp3) is 0.360. The monoisotopic (exact) mass is 419 g/mol. The molecule has 3 heterocycles. The zero-order valence-electron chi connectivity index (χ0n) is 17.2. The number of aromatic nitrogens is 2. The largest absolute Gasteiger partial charge is 0.298 e. The minimum Gasteiger partial charge on any atom is -0.298 e. The van der Waals surface area contributed by atoms with Crippen LogP contribution in [0, 0.1) is 0 Å². The van der Waals surface area contributed by atoms with Crippen LogP contribution in [0.2, 0.25) is 5.02 Å². The predicted octanol–water partition coefficient (Wildman–Crippen LogP) is 3.95. The fourth-order valence-corrected chi connectivity index (χ4v) is 5.14. The van der Waals surface area contributed by atoms with E-state index in [4.69, 9.17) is 16.6 Å². The maximum Gasteiger partial charge on any atom is 0.167 e. The molecule has 2 aromatic heterocycles. The van der Waals surface area contributed by atoms with Gasteiger partial charge in [0.1, 0.15) is 0 Å². The first-order valence-corrected chi connectivity index (χ1v) is 11.3. The molecule has 2 aliphatic rings. The Bertz CT molecular complexity index is 1010. The summed E-state index contributed by atoms with van der Waals surface area (Å²) in [6.07, 6.45) is 9.18. The van der Waals surface area contributed by atoms with Crippen LogP contribution in [0.3, 0.4) is 0 Å². The predicted molar refractivity (Wildman–Crippen MR) is 119 cm³/mol. The molecule has 5 rings (SSSR count). The van der Waals surface area contributed by atoms with Crippen LogP contribution in [-0.2, 0) is 19.4 Å². The summed E-state index contributed by atoms with van der Waals surface area (Å²) in [5.74, 6) is 0. The van der Waals surface area contributed by atoms with Crippen molar-refractivity contribution in [3.63, 3.8) is 0 Å². The highest BCUT2D eigenvalue weighted by molar-refractivity contribution is 6.30. The molecule has 0 bridgehead atoms. The molecular weight excluding hydrogens is 392 g/mol. The molecule has 1 unspecified atom stereocenters. The van der Waals surface area contributed by atoms with Gasteiger partial charge in [0.15, 0.2) is 12.4 Å². The molecule has 0 amide bonds. The topological polar surface area (TPSA) is 33.5 Å². The zero-order chi connectivity index (χ0) is 20.3. The number of benzene rings is 1. The number of pyridine rings is 2. The Morgan fingerprint density at radius 1 is 0.967 bits per heavy atom. The fourth-order valence-electron chi connectivity index (χ4n) is 4.94. The van der Waals surface area contributed by atoms with Gasteiger partial charge in [0, 0.05) is 49.5 Å². The highest BCUT2D eigenvalue weighted by atomic mass is 35.5. The Morgan fingerprint density at radius 2 is 1.83 bits per heavy atom. The summed E-state index contributed by atoms with van der Waals surface area (Å²) in [5.41, 5.74) is 6.71. The van der Waals surface area contributed by atoms with Gasteiger partial charge in [0.2, 0.25) is 0 Å². The third kappa shape index (κ3) is 4.13. The van der Waals surface area contributed by atoms with E-state index >= 15 is 0 Å². The van der Waals surface area contributed by atoms with Crippen molar-refractivity contribution in [3.8, 4) is 0 Å². The van der Waals surface area contributed by atoms with E-state index in [1.165, 1.54) is 34.4 Å². The summed E-state index contributed by atoms with van der Waals surface area (Å²) in [6, 6.07) is 15.3. The first kappa shape index (κ1) is 19.7. The molecule has 1 N–H and O–H groups in total. The third-order valence-electron chi connectivity index (χ3n) is 6.43. The average molecular weight is 420 g/mol. The van der Waals surface area contributed by atoms with Gasteiger partial charge >= 0.3 is 0 Å². The minimum atomic E-state index is 0.210. The minimum absolute atomic E-state index is 0.210. The van der Waals surface area contributed by atoms with Crippen molar-refractivity contribution in [2.75, 3.05) is 26.2 Å². The molecule has 1 aromatic carbocycles. The van der Waals surface area contributed by atoms with Crippen molar-refractivity contribution in [3.05, 3.63) is 94.0 Å². The number of nitrogens with one attached hydrogen (secondary N) is 1. The number of H-pyrrole nitrogens is 1. The maximum absolute atomic E-state index is 6.36. The Labute approximate surface area is 183 Å². The summed E-state index contributed by atoms with van der Waals surface area (Å²) in [6.45, 7) is 5.34. The van der Waals surface area contributed by atoms with E-state index in [1.807, 2.05) is 24.7 Å². The Hall–Kier alpha value is -2.27. The van der Waals surface area contributed by atoms with E-state index in [9.17, 15) is 0 Å². The smallest absolute Gasteiger partial charge is 0.167 e. The van der Waals surface area contributed by atoms with Gasteiger partial charge in [-0.3, -0.25) is 14.8 Å². The normalized spacial score (nSPS) is 20.1. The molecule has 1 fully saturated rings. The van der Waals surface area contributed by atoms with Crippen LogP contribution in [0.15, 0.2) is 61.1 Å². The summed E-state index contributed by atoms with van der Waals surface area (Å²) in [4.78, 5) is 13.2. The SMILES string of the molecule is Clc1ccc2c(c1)CCc1cccnc1C2N1CCCN(Cc2cc[nH+]cc2)CC1. The number of hydrogen-bond acceptors (Lipinski definition) is 3. The second-order valence-corrected chi connectivity index (χ2v) is 8.80. The van der Waals surface area contributed by atoms with Crippen molar-refractivity contribution in [2.24, 2.45) is 0 Å². The Balaban J connectivity index is 1.43. The standard InChI is InChI=1S/C25H27ClN4/c26-22-6-7-23-21(17-22)5-4-20-3-1-10-28-24(20)25(23)30-14-2-13-29(15-16-30)18-19-8-11-27-12-9-19/h1,3,6-12,17,25H,2,4-5,13-16,18H2/p+1. The van der Waals surface area contributed by atoms with Gasteiger partial charge in [-0.2, -0.15) is 0 Å². The van der Waals surface area contributed by atoms with Crippen LogP contribution >= 0.6 is 11.6 Å². The molecule has 0 radical (unpaired) electrons. The van der Waals surface area contributed by atoms with E-state index in [0.717, 1.165) is 50.6 Å². The highest BCUT2D eigenvalue weighted by Crippen LogP contribution is 2.37. The summed E-state index contributed by atoms with van der Waals surface area (Å²) >= 11 is 6.36. The number of hydrogen-bond donors (Lipinski definition) is 0. The van der Waals surface area contributed by atoms with E-state index < -0.39 is 0 Å². The third-order valence-corrected chi connectivity index (χ3v) is 6.67. The molecule has 4 nitrogen and oxygen atoms in total. The molecule has 5 heteroatoms. The van der Waals surface area contributed by atoms with Gasteiger partial charge in [-0.1, -0.05) is 23.7 Å². The number of nitrogens with zero attached hydrogens (tertiary/aromatic N) is 3. The van der Waals surface area contributed by atoms with Crippen molar-refractivity contribution in [1.29, 1.82) is 0 Å². The number of rotatable bonds is 3. The molecule has 1 atom stereocenters. The lowest BCUT2D eigenvalue weighted by Gasteiger charge is -2.32. The number of aromatic amines is 1. The molecule has 1 saturated heterocycles. The van der Waals surface area contributed by atoms with Gasteiger partial charge in [0.25, 0.3) is 0 Å². The first-order chi connectivity index (χ1) is 14.8. The van der Waals surface area contributed by atoms with Gasteiger partial charge in [-0.05, 0) is 66.3 Å². The highest BCUT2D eigenvalue weighted by Gasteiger charge is 2.31. The summed E-state index contributed by atoms with van der Waals surface area (Å²) in [5, 5.41) is 0.827. The van der Waals surface area contributed by atoms with E-state index in [-0.39, 0.29) is 6.04 Å². The molecule has 1 aliphatic heterocycles. The number of aryl methyl sites for hydroxylation is 2. The average Bonchev–Trinajstić information content (AvgIpc) is 3.09. The van der Waals surface area contributed by atoms with Crippen molar-refractivity contribution in [1.82, 2.24) is 14.8 Å². The molecule has 30 heavy (non-hydrogen) atoms. The van der Waals surface area contributed by atoms with Crippen molar-refractivity contribution in [2.45, 2.75) is 31.8 Å². The molecular formula is C25H28ClN4+. The van der Waals surface area contributed by atoms with Crippen LogP contribution < -0.4 is 4.98 Å². The molecule has 154 valence electrons. The van der Waals surface area contributed by atoms with Crippen LogP contribution in [0.4, 0.5) is 0 Å².